The summed E-state index contributed by atoms with van der Waals surface area (Å²) in [5, 5.41) is 8.58. The highest BCUT2D eigenvalue weighted by atomic mass is 16.5. The highest BCUT2D eigenvalue weighted by Crippen LogP contribution is 2.06. The van der Waals surface area contributed by atoms with Gasteiger partial charge in [0.1, 0.15) is 11.8 Å². The molecule has 1 aromatic heterocycles. The van der Waals surface area contributed by atoms with Gasteiger partial charge in [-0.25, -0.2) is 0 Å². The maximum atomic E-state index is 11.9. The fourth-order valence-corrected chi connectivity index (χ4v) is 1.60. The molecule has 110 valence electrons. The topological polar surface area (TPSA) is 105 Å². The van der Waals surface area contributed by atoms with E-state index in [2.05, 4.69) is 15.8 Å². The molecule has 1 rings (SSSR count). The Morgan fingerprint density at radius 3 is 2.60 bits per heavy atom. The number of carbonyl (C=O) groups is 3. The van der Waals surface area contributed by atoms with Crippen molar-refractivity contribution in [3.05, 3.63) is 11.8 Å². The first kappa shape index (κ1) is 15.7. The second-order valence-electron chi connectivity index (χ2n) is 4.49. The van der Waals surface area contributed by atoms with E-state index < -0.39 is 11.9 Å². The molecule has 1 heterocycles. The van der Waals surface area contributed by atoms with E-state index in [1.54, 1.807) is 19.9 Å². The third-order valence-electron chi connectivity index (χ3n) is 2.44. The van der Waals surface area contributed by atoms with Gasteiger partial charge in [-0.3, -0.25) is 14.4 Å². The largest absolute Gasteiger partial charge is 0.360 e. The molecule has 0 saturated carbocycles. The molecule has 1 atom stereocenters. The average molecular weight is 282 g/mol. The van der Waals surface area contributed by atoms with Crippen LogP contribution >= 0.6 is 0 Å². The van der Waals surface area contributed by atoms with Gasteiger partial charge >= 0.3 is 0 Å². The normalized spacial score (nSPS) is 11.6. The van der Waals surface area contributed by atoms with Crippen LogP contribution < -0.4 is 10.6 Å². The van der Waals surface area contributed by atoms with E-state index in [1.165, 1.54) is 18.9 Å². The Bertz CT molecular complexity index is 511. The second-order valence-corrected chi connectivity index (χ2v) is 4.49. The minimum Gasteiger partial charge on any atom is -0.360 e. The number of nitrogens with zero attached hydrogens (tertiary/aromatic N) is 2. The highest BCUT2D eigenvalue weighted by Gasteiger charge is 2.20. The number of carbonyl (C=O) groups excluding carboxylic acids is 3. The van der Waals surface area contributed by atoms with E-state index in [9.17, 15) is 14.4 Å². The van der Waals surface area contributed by atoms with Crippen molar-refractivity contribution in [3.63, 3.8) is 0 Å². The van der Waals surface area contributed by atoms with Crippen LogP contribution in [0, 0.1) is 6.92 Å². The summed E-state index contributed by atoms with van der Waals surface area (Å²) in [6.07, 6.45) is 0. The minimum absolute atomic E-state index is 0.144. The van der Waals surface area contributed by atoms with Gasteiger partial charge in [0.05, 0.1) is 6.54 Å². The summed E-state index contributed by atoms with van der Waals surface area (Å²) < 4.78 is 4.81. The zero-order chi connectivity index (χ0) is 15.3. The van der Waals surface area contributed by atoms with Crippen LogP contribution in [0.4, 0.5) is 5.82 Å². The lowest BCUT2D eigenvalue weighted by atomic mass is 10.3. The fourth-order valence-electron chi connectivity index (χ4n) is 1.60. The summed E-state index contributed by atoms with van der Waals surface area (Å²) in [4.78, 5) is 35.7. The molecule has 0 spiro atoms. The first-order valence-electron chi connectivity index (χ1n) is 6.05. The lowest BCUT2D eigenvalue weighted by Gasteiger charge is -2.20. The number of nitrogens with one attached hydrogen (secondary N) is 2. The van der Waals surface area contributed by atoms with Gasteiger partial charge in [0.2, 0.25) is 17.7 Å². The molecule has 0 aromatic carbocycles. The molecule has 0 fully saturated rings. The maximum Gasteiger partial charge on any atom is 0.245 e. The van der Waals surface area contributed by atoms with Crippen molar-refractivity contribution in [1.29, 1.82) is 0 Å². The second kappa shape index (κ2) is 6.69. The van der Waals surface area contributed by atoms with Gasteiger partial charge in [-0.05, 0) is 13.8 Å². The fraction of sp³-hybridized carbons (Fsp3) is 0.500. The van der Waals surface area contributed by atoms with Crippen LogP contribution in [0.3, 0.4) is 0 Å². The smallest absolute Gasteiger partial charge is 0.245 e. The van der Waals surface area contributed by atoms with E-state index in [4.69, 9.17) is 4.52 Å². The highest BCUT2D eigenvalue weighted by molar-refractivity contribution is 5.95. The molecule has 0 radical (unpaired) electrons. The monoisotopic (exact) mass is 282 g/mol. The summed E-state index contributed by atoms with van der Waals surface area (Å²) in [7, 11) is 1.48. The van der Waals surface area contributed by atoms with Crippen molar-refractivity contribution in [1.82, 2.24) is 15.4 Å². The van der Waals surface area contributed by atoms with E-state index in [0.717, 1.165) is 0 Å². The standard InChI is InChI=1S/C12H18N4O4/c1-7-5-10(15-20-7)14-11(18)6-16(4)12(19)8(2)13-9(3)17/h5,8H,6H2,1-4H3,(H,13,17)(H,14,15,18). The molecule has 0 aliphatic rings. The zero-order valence-electron chi connectivity index (χ0n) is 11.9. The summed E-state index contributed by atoms with van der Waals surface area (Å²) in [6, 6.07) is 0.888. The van der Waals surface area contributed by atoms with Crippen molar-refractivity contribution in [2.75, 3.05) is 18.9 Å². The molecule has 1 unspecified atom stereocenters. The van der Waals surface area contributed by atoms with Crippen molar-refractivity contribution >= 4 is 23.5 Å². The predicted octanol–water partition coefficient (Wildman–Crippen LogP) is -0.0955. The molecule has 0 bridgehead atoms. The minimum atomic E-state index is -0.681. The van der Waals surface area contributed by atoms with E-state index >= 15 is 0 Å². The number of likely N-dealkylation sites (N-methyl/N-ethyl adjacent to an activating group) is 1. The van der Waals surface area contributed by atoms with Gasteiger partial charge in [-0.2, -0.15) is 0 Å². The number of rotatable bonds is 5. The summed E-state index contributed by atoms with van der Waals surface area (Å²) in [6.45, 7) is 4.44. The first-order chi connectivity index (χ1) is 9.29. The van der Waals surface area contributed by atoms with Gasteiger partial charge in [0.25, 0.3) is 0 Å². The maximum absolute atomic E-state index is 11.9. The van der Waals surface area contributed by atoms with Crippen LogP contribution in [-0.4, -0.2) is 47.4 Å². The molecule has 0 aliphatic carbocycles. The number of hydrogen-bond donors (Lipinski definition) is 2. The number of hydrogen-bond acceptors (Lipinski definition) is 5. The third-order valence-corrected chi connectivity index (χ3v) is 2.44. The number of amides is 3. The molecule has 0 aliphatic heterocycles. The number of aromatic nitrogens is 1. The zero-order valence-corrected chi connectivity index (χ0v) is 11.9. The van der Waals surface area contributed by atoms with E-state index in [-0.39, 0.29) is 18.4 Å². The molecule has 20 heavy (non-hydrogen) atoms. The van der Waals surface area contributed by atoms with Crippen LogP contribution in [-0.2, 0) is 14.4 Å². The average Bonchev–Trinajstić information content (AvgIpc) is 2.72. The van der Waals surface area contributed by atoms with Crippen LogP contribution in [0.25, 0.3) is 0 Å². The SMILES string of the molecule is CC(=O)NC(C)C(=O)N(C)CC(=O)Nc1cc(C)on1. The number of anilines is 1. The molecular weight excluding hydrogens is 264 g/mol. The van der Waals surface area contributed by atoms with Gasteiger partial charge in [-0.15, -0.1) is 0 Å². The van der Waals surface area contributed by atoms with E-state index in [1.807, 2.05) is 0 Å². The molecule has 2 N–H and O–H groups in total. The Morgan fingerprint density at radius 2 is 2.10 bits per heavy atom. The quantitative estimate of drug-likeness (QED) is 0.785. The van der Waals surface area contributed by atoms with Crippen molar-refractivity contribution < 1.29 is 18.9 Å². The summed E-state index contributed by atoms with van der Waals surface area (Å²) in [5.41, 5.74) is 0. The number of aryl methyl sites for hydroxylation is 1. The lowest BCUT2D eigenvalue weighted by Crippen LogP contribution is -2.46. The van der Waals surface area contributed by atoms with Crippen LogP contribution in [0.1, 0.15) is 19.6 Å². The van der Waals surface area contributed by atoms with Crippen molar-refractivity contribution in [2.24, 2.45) is 0 Å². The molecule has 8 heteroatoms. The van der Waals surface area contributed by atoms with Crippen molar-refractivity contribution in [3.8, 4) is 0 Å². The Balaban J connectivity index is 2.48. The molecule has 0 saturated heterocycles. The summed E-state index contributed by atoms with van der Waals surface area (Å²) >= 11 is 0. The Labute approximate surface area is 116 Å². The molecular formula is C12H18N4O4. The van der Waals surface area contributed by atoms with Crippen LogP contribution in [0.15, 0.2) is 10.6 Å². The van der Waals surface area contributed by atoms with Gasteiger partial charge in [-0.1, -0.05) is 5.16 Å². The van der Waals surface area contributed by atoms with Crippen LogP contribution in [0.5, 0.6) is 0 Å². The van der Waals surface area contributed by atoms with E-state index in [0.29, 0.717) is 11.6 Å². The van der Waals surface area contributed by atoms with Gasteiger partial charge in [0, 0.05) is 20.0 Å². The van der Waals surface area contributed by atoms with Crippen molar-refractivity contribution in [2.45, 2.75) is 26.8 Å². The summed E-state index contributed by atoms with van der Waals surface area (Å²) in [5.74, 6) is -0.190. The third kappa shape index (κ3) is 4.71. The Hall–Kier alpha value is -2.38. The Morgan fingerprint density at radius 1 is 1.45 bits per heavy atom. The lowest BCUT2D eigenvalue weighted by molar-refractivity contribution is -0.136. The first-order valence-corrected chi connectivity index (χ1v) is 6.05. The molecule has 1 aromatic rings. The van der Waals surface area contributed by atoms with Gasteiger partial charge < -0.3 is 20.1 Å². The predicted molar refractivity (Wildman–Crippen MR) is 70.8 cm³/mol. The molecule has 8 nitrogen and oxygen atoms in total. The van der Waals surface area contributed by atoms with Gasteiger partial charge in [0.15, 0.2) is 5.82 Å². The Kier molecular flexibility index (Phi) is 5.24. The van der Waals surface area contributed by atoms with Crippen LogP contribution in [0.2, 0.25) is 0 Å². The molecule has 3 amide bonds.